The van der Waals surface area contributed by atoms with Crippen molar-refractivity contribution >= 4 is 62.3 Å². The number of hydrogen-bond donors (Lipinski definition) is 1. The van der Waals surface area contributed by atoms with Crippen LogP contribution in [0.15, 0.2) is 36.4 Å². The zero-order valence-electron chi connectivity index (χ0n) is 22.4. The van der Waals surface area contributed by atoms with E-state index in [1.165, 1.54) is 9.21 Å². The molecule has 7 nitrogen and oxygen atoms in total. The van der Waals surface area contributed by atoms with Crippen LogP contribution in [0.4, 0.5) is 5.69 Å². The SMILES string of the molecule is CC[C@@H](C)NC(=O)[C@H](CC)N(Cc1ccc(Cl)cc1Cl)C(=O)CCCN(c1cccc(Cl)c1C)S(C)(=O)=O. The van der Waals surface area contributed by atoms with Crippen molar-refractivity contribution in [2.45, 2.75) is 72.0 Å². The average molecular weight is 605 g/mol. The minimum atomic E-state index is -3.63. The summed E-state index contributed by atoms with van der Waals surface area (Å²) in [6, 6.07) is 9.32. The molecule has 0 saturated carbocycles. The van der Waals surface area contributed by atoms with Crippen molar-refractivity contribution in [1.82, 2.24) is 10.2 Å². The Morgan fingerprint density at radius 2 is 1.71 bits per heavy atom. The van der Waals surface area contributed by atoms with Gasteiger partial charge in [0, 0.05) is 40.6 Å². The number of rotatable bonds is 13. The van der Waals surface area contributed by atoms with Crippen molar-refractivity contribution < 1.29 is 18.0 Å². The van der Waals surface area contributed by atoms with E-state index in [9.17, 15) is 18.0 Å². The third-order valence-electron chi connectivity index (χ3n) is 6.40. The topological polar surface area (TPSA) is 86.8 Å². The molecule has 0 radical (unpaired) electrons. The zero-order valence-corrected chi connectivity index (χ0v) is 25.5. The van der Waals surface area contributed by atoms with Crippen molar-refractivity contribution in [3.63, 3.8) is 0 Å². The Morgan fingerprint density at radius 3 is 2.29 bits per heavy atom. The van der Waals surface area contributed by atoms with Gasteiger partial charge in [-0.15, -0.1) is 0 Å². The van der Waals surface area contributed by atoms with Crippen molar-refractivity contribution in [1.29, 1.82) is 0 Å². The molecule has 0 aromatic heterocycles. The van der Waals surface area contributed by atoms with Crippen LogP contribution in [0.1, 0.15) is 57.6 Å². The molecule has 0 aliphatic carbocycles. The van der Waals surface area contributed by atoms with Crippen LogP contribution >= 0.6 is 34.8 Å². The van der Waals surface area contributed by atoms with Gasteiger partial charge in [0.1, 0.15) is 6.04 Å². The lowest BCUT2D eigenvalue weighted by Gasteiger charge is -2.32. The number of nitrogens with zero attached hydrogens (tertiary/aromatic N) is 2. The molecule has 0 aliphatic heterocycles. The Balaban J connectivity index is 2.30. The summed E-state index contributed by atoms with van der Waals surface area (Å²) in [6.07, 6.45) is 2.55. The van der Waals surface area contributed by atoms with Gasteiger partial charge in [0.15, 0.2) is 0 Å². The number of carbonyl (C=O) groups excluding carboxylic acids is 2. The second kappa shape index (κ2) is 14.4. The summed E-state index contributed by atoms with van der Waals surface area (Å²) in [5, 5.41) is 4.28. The van der Waals surface area contributed by atoms with E-state index in [4.69, 9.17) is 34.8 Å². The number of sulfonamides is 1. The van der Waals surface area contributed by atoms with Gasteiger partial charge >= 0.3 is 0 Å². The van der Waals surface area contributed by atoms with Crippen LogP contribution in [-0.4, -0.2) is 50.0 Å². The minimum Gasteiger partial charge on any atom is -0.352 e. The van der Waals surface area contributed by atoms with Crippen LogP contribution in [0.25, 0.3) is 0 Å². The third kappa shape index (κ3) is 8.76. The predicted octanol–water partition coefficient (Wildman–Crippen LogP) is 6.22. The summed E-state index contributed by atoms with van der Waals surface area (Å²) >= 11 is 18.7. The smallest absolute Gasteiger partial charge is 0.243 e. The molecule has 0 aliphatic rings. The van der Waals surface area contributed by atoms with Crippen molar-refractivity contribution in [2.75, 3.05) is 17.1 Å². The molecule has 0 saturated heterocycles. The third-order valence-corrected chi connectivity index (χ3v) is 8.58. The van der Waals surface area contributed by atoms with Crippen LogP contribution in [0.3, 0.4) is 0 Å². The van der Waals surface area contributed by atoms with Gasteiger partial charge in [-0.3, -0.25) is 13.9 Å². The van der Waals surface area contributed by atoms with E-state index in [1.807, 2.05) is 20.8 Å². The fourth-order valence-corrected chi connectivity index (χ4v) is 5.70. The molecular formula is C27H36Cl3N3O4S. The van der Waals surface area contributed by atoms with Crippen LogP contribution in [-0.2, 0) is 26.2 Å². The number of carbonyl (C=O) groups is 2. The highest BCUT2D eigenvalue weighted by molar-refractivity contribution is 7.92. The van der Waals surface area contributed by atoms with E-state index in [2.05, 4.69) is 5.32 Å². The standard InChI is InChI=1S/C27H36Cl3N3O4S/c1-6-18(3)31-27(35)24(7-2)32(17-20-13-14-21(28)16-23(20)30)26(34)12-9-15-33(38(5,36)37)25-11-8-10-22(29)19(25)4/h8,10-11,13-14,16,18,24H,6-7,9,12,15,17H2,1-5H3,(H,31,35)/t18-,24+/m1/s1. The largest absolute Gasteiger partial charge is 0.352 e. The monoisotopic (exact) mass is 603 g/mol. The Hall–Kier alpha value is -2.00. The van der Waals surface area contributed by atoms with Gasteiger partial charge in [0.05, 0.1) is 11.9 Å². The molecule has 11 heteroatoms. The Labute approximate surface area is 241 Å². The molecule has 2 aromatic carbocycles. The van der Waals surface area contributed by atoms with Crippen LogP contribution in [0.2, 0.25) is 15.1 Å². The first-order valence-electron chi connectivity index (χ1n) is 12.6. The summed E-state index contributed by atoms with van der Waals surface area (Å²) in [4.78, 5) is 28.2. The Bertz CT molecular complexity index is 1240. The summed E-state index contributed by atoms with van der Waals surface area (Å²) in [5.74, 6) is -0.522. The van der Waals surface area contributed by atoms with Gasteiger partial charge < -0.3 is 10.2 Å². The summed E-state index contributed by atoms with van der Waals surface area (Å²) in [7, 11) is -3.63. The first-order chi connectivity index (χ1) is 17.8. The maximum Gasteiger partial charge on any atom is 0.243 e. The fraction of sp³-hybridized carbons (Fsp3) is 0.481. The molecular weight excluding hydrogens is 569 g/mol. The summed E-state index contributed by atoms with van der Waals surface area (Å²) in [5.41, 5.74) is 1.76. The summed E-state index contributed by atoms with van der Waals surface area (Å²) < 4.78 is 26.4. The van der Waals surface area contributed by atoms with E-state index in [1.54, 1.807) is 43.3 Å². The van der Waals surface area contributed by atoms with Crippen LogP contribution < -0.4 is 9.62 Å². The van der Waals surface area contributed by atoms with Gasteiger partial charge in [0.25, 0.3) is 0 Å². The molecule has 1 N–H and O–H groups in total. The number of amides is 2. The highest BCUT2D eigenvalue weighted by atomic mass is 35.5. The molecule has 2 atom stereocenters. The number of halogens is 3. The Morgan fingerprint density at radius 1 is 1.03 bits per heavy atom. The maximum atomic E-state index is 13.6. The van der Waals surface area contributed by atoms with E-state index in [0.29, 0.717) is 38.3 Å². The number of hydrogen-bond acceptors (Lipinski definition) is 4. The highest BCUT2D eigenvalue weighted by Crippen LogP contribution is 2.29. The van der Waals surface area contributed by atoms with E-state index in [-0.39, 0.29) is 43.8 Å². The Kier molecular flexibility index (Phi) is 12.2. The zero-order chi connectivity index (χ0) is 28.6. The lowest BCUT2D eigenvalue weighted by atomic mass is 10.1. The molecule has 0 bridgehead atoms. The van der Waals surface area contributed by atoms with Crippen molar-refractivity contribution in [2.24, 2.45) is 0 Å². The van der Waals surface area contributed by atoms with E-state index >= 15 is 0 Å². The first-order valence-corrected chi connectivity index (χ1v) is 15.5. The predicted molar refractivity (Wildman–Crippen MR) is 157 cm³/mol. The van der Waals surface area contributed by atoms with Crippen molar-refractivity contribution in [3.05, 3.63) is 62.6 Å². The fourth-order valence-electron chi connectivity index (χ4n) is 4.04. The lowest BCUT2D eigenvalue weighted by Crippen LogP contribution is -2.50. The quantitative estimate of drug-likeness (QED) is 0.294. The van der Waals surface area contributed by atoms with Gasteiger partial charge in [-0.05, 0) is 68.5 Å². The molecule has 0 unspecified atom stereocenters. The molecule has 2 rings (SSSR count). The van der Waals surface area contributed by atoms with Gasteiger partial charge in [-0.25, -0.2) is 8.42 Å². The molecule has 0 heterocycles. The molecule has 38 heavy (non-hydrogen) atoms. The lowest BCUT2D eigenvalue weighted by molar-refractivity contribution is -0.141. The van der Waals surface area contributed by atoms with Gasteiger partial charge in [-0.2, -0.15) is 0 Å². The molecule has 0 spiro atoms. The first kappa shape index (κ1) is 32.2. The van der Waals surface area contributed by atoms with E-state index in [0.717, 1.165) is 12.7 Å². The number of anilines is 1. The summed E-state index contributed by atoms with van der Waals surface area (Å²) in [6.45, 7) is 7.67. The second-order valence-corrected chi connectivity index (χ2v) is 12.5. The minimum absolute atomic E-state index is 0.0317. The molecule has 2 amide bonds. The van der Waals surface area contributed by atoms with E-state index < -0.39 is 16.1 Å². The normalized spacial score (nSPS) is 13.1. The molecule has 2 aromatic rings. The second-order valence-electron chi connectivity index (χ2n) is 9.32. The average Bonchev–Trinajstić information content (AvgIpc) is 2.84. The molecule has 0 fully saturated rings. The van der Waals surface area contributed by atoms with Gasteiger partial charge in [-0.1, -0.05) is 60.8 Å². The maximum absolute atomic E-state index is 13.6. The number of benzene rings is 2. The molecule has 210 valence electrons. The van der Waals surface area contributed by atoms with Gasteiger partial charge in [0.2, 0.25) is 21.8 Å². The highest BCUT2D eigenvalue weighted by Gasteiger charge is 2.30. The van der Waals surface area contributed by atoms with Crippen LogP contribution in [0.5, 0.6) is 0 Å². The van der Waals surface area contributed by atoms with Crippen molar-refractivity contribution in [3.8, 4) is 0 Å². The number of nitrogens with one attached hydrogen (secondary N) is 1. The van der Waals surface area contributed by atoms with Crippen LogP contribution in [0, 0.1) is 6.92 Å².